The quantitative estimate of drug-likeness (QED) is 0.495. The van der Waals surface area contributed by atoms with E-state index in [9.17, 15) is 9.18 Å². The number of aromatic nitrogens is 5. The normalized spacial score (nSPS) is 19.5. The zero-order valence-electron chi connectivity index (χ0n) is 18.1. The third-order valence-corrected chi connectivity index (χ3v) is 6.59. The fourth-order valence-electron chi connectivity index (χ4n) is 4.73. The number of rotatable bonds is 6. The van der Waals surface area contributed by atoms with E-state index in [1.807, 2.05) is 4.90 Å². The molecule has 10 heteroatoms. The lowest BCUT2D eigenvalue weighted by molar-refractivity contribution is -0.117. The molecule has 3 aromatic rings. The first-order chi connectivity index (χ1) is 16.1. The molecular formula is C23H25FN8O. The molecule has 4 heterocycles. The van der Waals surface area contributed by atoms with Crippen LogP contribution in [0.4, 0.5) is 27.7 Å². The van der Waals surface area contributed by atoms with E-state index in [0.717, 1.165) is 54.3 Å². The number of hydrogen-bond acceptors (Lipinski definition) is 7. The number of carbonyl (C=O) groups excluding carboxylic acids is 1. The second-order valence-electron chi connectivity index (χ2n) is 8.97. The fraction of sp³-hybridized carbons (Fsp3) is 0.435. The zero-order chi connectivity index (χ0) is 22.4. The van der Waals surface area contributed by atoms with Gasteiger partial charge in [0.25, 0.3) is 0 Å². The van der Waals surface area contributed by atoms with E-state index >= 15 is 0 Å². The van der Waals surface area contributed by atoms with Crippen molar-refractivity contribution in [2.24, 2.45) is 0 Å². The van der Waals surface area contributed by atoms with Gasteiger partial charge in [0.15, 0.2) is 5.82 Å². The molecule has 0 aromatic carbocycles. The third-order valence-electron chi connectivity index (χ3n) is 6.59. The van der Waals surface area contributed by atoms with Crippen molar-refractivity contribution in [2.45, 2.75) is 56.9 Å². The molecule has 3 aromatic heterocycles. The molecule has 0 radical (unpaired) electrons. The number of H-pyrrole nitrogens is 1. The van der Waals surface area contributed by atoms with Crippen LogP contribution in [0.5, 0.6) is 0 Å². The average Bonchev–Trinajstić information content (AvgIpc) is 3.20. The van der Waals surface area contributed by atoms with Gasteiger partial charge in [-0.25, -0.2) is 9.97 Å². The number of aromatic amines is 1. The maximum atomic E-state index is 13.1. The minimum Gasteiger partial charge on any atom is -0.329 e. The van der Waals surface area contributed by atoms with Crippen LogP contribution in [0, 0.1) is 5.95 Å². The van der Waals surface area contributed by atoms with Crippen LogP contribution in [-0.2, 0) is 17.6 Å². The maximum absolute atomic E-state index is 13.1. The van der Waals surface area contributed by atoms with Crippen LogP contribution in [0.3, 0.4) is 0 Å². The molecule has 1 amide bonds. The number of nitrogens with zero attached hydrogens (tertiary/aromatic N) is 5. The van der Waals surface area contributed by atoms with Gasteiger partial charge in [0.1, 0.15) is 11.9 Å². The molecule has 6 rings (SSSR count). The number of aryl methyl sites for hydroxylation is 1. The Bertz CT molecular complexity index is 1190. The summed E-state index contributed by atoms with van der Waals surface area (Å²) in [5.41, 5.74) is 3.80. The van der Waals surface area contributed by atoms with Crippen LogP contribution in [0.25, 0.3) is 0 Å². The standard InChI is InChI=1S/C23H25FN8O/c24-19-9-8-14(12-25-19)26-22(33)18-5-2-10-32(18)23-27-16-4-1-3-15(16)21(29-23)28-20-11-17(30-31-20)13-6-7-13/h8-9,11-13,18H,1-7,10H2,(H,26,33)(H2,27,28,29,30,31)/t18-/m1/s1. The molecule has 0 bridgehead atoms. The van der Waals surface area contributed by atoms with E-state index in [2.05, 4.69) is 31.9 Å². The van der Waals surface area contributed by atoms with Crippen molar-refractivity contribution in [3.63, 3.8) is 0 Å². The van der Waals surface area contributed by atoms with Gasteiger partial charge in [-0.15, -0.1) is 0 Å². The molecule has 1 aliphatic heterocycles. The fourth-order valence-corrected chi connectivity index (χ4v) is 4.73. The van der Waals surface area contributed by atoms with E-state index in [1.54, 1.807) is 0 Å². The number of anilines is 4. The Balaban J connectivity index is 1.25. The highest BCUT2D eigenvalue weighted by molar-refractivity contribution is 5.96. The van der Waals surface area contributed by atoms with Crippen molar-refractivity contribution in [1.29, 1.82) is 0 Å². The zero-order valence-corrected chi connectivity index (χ0v) is 18.1. The monoisotopic (exact) mass is 448 g/mol. The molecule has 3 aliphatic rings. The molecule has 2 fully saturated rings. The smallest absolute Gasteiger partial charge is 0.247 e. The summed E-state index contributed by atoms with van der Waals surface area (Å²) in [5, 5.41) is 13.8. The lowest BCUT2D eigenvalue weighted by atomic mass is 10.2. The third kappa shape index (κ3) is 4.01. The van der Waals surface area contributed by atoms with Gasteiger partial charge in [-0.1, -0.05) is 0 Å². The number of halogens is 1. The molecule has 3 N–H and O–H groups in total. The lowest BCUT2D eigenvalue weighted by Gasteiger charge is -2.25. The van der Waals surface area contributed by atoms with Crippen LogP contribution < -0.4 is 15.5 Å². The topological polar surface area (TPSA) is 112 Å². The Morgan fingerprint density at radius 2 is 2.06 bits per heavy atom. The number of pyridine rings is 1. The first-order valence-corrected chi connectivity index (χ1v) is 11.6. The number of nitrogens with one attached hydrogen (secondary N) is 3. The predicted molar refractivity (Wildman–Crippen MR) is 121 cm³/mol. The minimum absolute atomic E-state index is 0.166. The first-order valence-electron chi connectivity index (χ1n) is 11.6. The van der Waals surface area contributed by atoms with Gasteiger partial charge in [-0.05, 0) is 57.1 Å². The van der Waals surface area contributed by atoms with Gasteiger partial charge in [0, 0.05) is 29.8 Å². The maximum Gasteiger partial charge on any atom is 0.247 e. The molecule has 170 valence electrons. The summed E-state index contributed by atoms with van der Waals surface area (Å²) < 4.78 is 13.1. The Morgan fingerprint density at radius 1 is 1.15 bits per heavy atom. The van der Waals surface area contributed by atoms with Crippen LogP contribution in [0.15, 0.2) is 24.4 Å². The Kier molecular flexibility index (Phi) is 4.92. The predicted octanol–water partition coefficient (Wildman–Crippen LogP) is 3.45. The number of fused-ring (bicyclic) bond motifs is 1. The van der Waals surface area contributed by atoms with Crippen molar-refractivity contribution in [2.75, 3.05) is 22.1 Å². The van der Waals surface area contributed by atoms with Crippen LogP contribution in [0.1, 0.15) is 55.0 Å². The number of carbonyl (C=O) groups is 1. The van der Waals surface area contributed by atoms with E-state index in [0.29, 0.717) is 30.5 Å². The minimum atomic E-state index is -0.580. The number of amides is 1. The molecule has 33 heavy (non-hydrogen) atoms. The summed E-state index contributed by atoms with van der Waals surface area (Å²) in [4.78, 5) is 28.3. The molecular weight excluding hydrogens is 423 g/mol. The van der Waals surface area contributed by atoms with E-state index in [4.69, 9.17) is 9.97 Å². The Morgan fingerprint density at radius 3 is 2.88 bits per heavy atom. The first kappa shape index (κ1) is 20.1. The molecule has 9 nitrogen and oxygen atoms in total. The van der Waals surface area contributed by atoms with Gasteiger partial charge in [-0.3, -0.25) is 9.89 Å². The highest BCUT2D eigenvalue weighted by atomic mass is 19.1. The molecule has 1 saturated carbocycles. The second kappa shape index (κ2) is 8.09. The van der Waals surface area contributed by atoms with Crippen molar-refractivity contribution >= 4 is 29.2 Å². The van der Waals surface area contributed by atoms with Crippen LogP contribution in [-0.4, -0.2) is 43.6 Å². The van der Waals surface area contributed by atoms with Crippen LogP contribution >= 0.6 is 0 Å². The van der Waals surface area contributed by atoms with Crippen LogP contribution in [0.2, 0.25) is 0 Å². The highest BCUT2D eigenvalue weighted by Crippen LogP contribution is 2.40. The van der Waals surface area contributed by atoms with E-state index in [1.165, 1.54) is 31.2 Å². The summed E-state index contributed by atoms with van der Waals surface area (Å²) >= 11 is 0. The Hall–Kier alpha value is -3.56. The van der Waals surface area contributed by atoms with Crippen molar-refractivity contribution in [3.05, 3.63) is 47.3 Å². The molecule has 2 aliphatic carbocycles. The molecule has 1 atom stereocenters. The van der Waals surface area contributed by atoms with Crippen molar-refractivity contribution in [3.8, 4) is 0 Å². The molecule has 0 spiro atoms. The van der Waals surface area contributed by atoms with Crippen molar-refractivity contribution < 1.29 is 9.18 Å². The summed E-state index contributed by atoms with van der Waals surface area (Å²) in [6.07, 6.45) is 8.18. The molecule has 1 saturated heterocycles. The SMILES string of the molecule is O=C(Nc1ccc(F)nc1)[C@H]1CCCN1c1nc2c(c(Nc3cc(C4CC4)[nH]n3)n1)CCC2. The largest absolute Gasteiger partial charge is 0.329 e. The summed E-state index contributed by atoms with van der Waals surface area (Å²) in [7, 11) is 0. The average molecular weight is 449 g/mol. The lowest BCUT2D eigenvalue weighted by Crippen LogP contribution is -2.40. The van der Waals surface area contributed by atoms with E-state index < -0.39 is 12.0 Å². The summed E-state index contributed by atoms with van der Waals surface area (Å²) in [5.74, 6) is 1.94. The van der Waals surface area contributed by atoms with Gasteiger partial charge < -0.3 is 15.5 Å². The highest BCUT2D eigenvalue weighted by Gasteiger charge is 2.34. The second-order valence-corrected chi connectivity index (χ2v) is 8.97. The Labute approximate surface area is 190 Å². The van der Waals surface area contributed by atoms with E-state index in [-0.39, 0.29) is 5.91 Å². The summed E-state index contributed by atoms with van der Waals surface area (Å²) in [6, 6.07) is 4.40. The van der Waals surface area contributed by atoms with Gasteiger partial charge in [0.05, 0.1) is 17.6 Å². The van der Waals surface area contributed by atoms with Gasteiger partial charge in [-0.2, -0.15) is 14.5 Å². The number of hydrogen-bond donors (Lipinski definition) is 3. The summed E-state index contributed by atoms with van der Waals surface area (Å²) in [6.45, 7) is 0.701. The van der Waals surface area contributed by atoms with Gasteiger partial charge in [0.2, 0.25) is 17.8 Å². The van der Waals surface area contributed by atoms with Gasteiger partial charge >= 0.3 is 0 Å². The van der Waals surface area contributed by atoms with Crippen molar-refractivity contribution in [1.82, 2.24) is 25.1 Å². The molecule has 0 unspecified atom stereocenters.